The quantitative estimate of drug-likeness (QED) is 0.859. The number of aromatic nitrogens is 1. The molecule has 4 nitrogen and oxygen atoms in total. The molecule has 0 saturated heterocycles. The minimum absolute atomic E-state index is 0.0223. The summed E-state index contributed by atoms with van der Waals surface area (Å²) in [7, 11) is 1.59. The van der Waals surface area contributed by atoms with E-state index in [4.69, 9.17) is 14.3 Å². The molecule has 0 amide bonds. The molecule has 0 radical (unpaired) electrons. The van der Waals surface area contributed by atoms with Crippen molar-refractivity contribution in [1.29, 1.82) is 0 Å². The van der Waals surface area contributed by atoms with Crippen molar-refractivity contribution in [2.24, 2.45) is 0 Å². The second-order valence-electron chi connectivity index (χ2n) is 3.43. The Labute approximate surface area is 93.5 Å². The van der Waals surface area contributed by atoms with E-state index in [1.807, 2.05) is 19.1 Å². The van der Waals surface area contributed by atoms with Crippen molar-refractivity contribution in [2.45, 2.75) is 13.5 Å². The summed E-state index contributed by atoms with van der Waals surface area (Å²) in [6.07, 6.45) is 1.63. The van der Waals surface area contributed by atoms with Gasteiger partial charge in [-0.1, -0.05) is 0 Å². The van der Waals surface area contributed by atoms with Crippen molar-refractivity contribution in [3.8, 4) is 17.2 Å². The summed E-state index contributed by atoms with van der Waals surface area (Å²) in [5.41, 5.74) is 1.51. The van der Waals surface area contributed by atoms with Gasteiger partial charge in [0.25, 0.3) is 0 Å². The first-order chi connectivity index (χ1) is 7.74. The molecule has 0 aliphatic rings. The lowest BCUT2D eigenvalue weighted by Gasteiger charge is -1.99. The number of pyridine rings is 1. The van der Waals surface area contributed by atoms with Crippen molar-refractivity contribution in [3.05, 3.63) is 35.7 Å². The Morgan fingerprint density at radius 2 is 2.25 bits per heavy atom. The highest BCUT2D eigenvalue weighted by atomic mass is 16.5. The Hall–Kier alpha value is -1.81. The lowest BCUT2D eigenvalue weighted by atomic mass is 10.2. The minimum Gasteiger partial charge on any atom is -0.495 e. The van der Waals surface area contributed by atoms with Gasteiger partial charge in [0.15, 0.2) is 5.76 Å². The molecule has 0 spiro atoms. The molecule has 0 fully saturated rings. The first kappa shape index (κ1) is 10.7. The van der Waals surface area contributed by atoms with Crippen LogP contribution in [0.2, 0.25) is 0 Å². The van der Waals surface area contributed by atoms with Crippen LogP contribution in [0.3, 0.4) is 0 Å². The zero-order valence-electron chi connectivity index (χ0n) is 9.23. The molecule has 2 rings (SSSR count). The van der Waals surface area contributed by atoms with E-state index < -0.39 is 0 Å². The maximum absolute atomic E-state index is 9.06. The third-order valence-corrected chi connectivity index (χ3v) is 2.42. The van der Waals surface area contributed by atoms with Crippen LogP contribution < -0.4 is 4.74 Å². The summed E-state index contributed by atoms with van der Waals surface area (Å²) in [6.45, 7) is 1.80. The molecule has 4 heteroatoms. The first-order valence-electron chi connectivity index (χ1n) is 4.95. The molecule has 0 bridgehead atoms. The SMILES string of the molecule is COc1ccc(-c2cc(CO)c(C)o2)nc1. The smallest absolute Gasteiger partial charge is 0.153 e. The number of furan rings is 1. The van der Waals surface area contributed by atoms with E-state index in [9.17, 15) is 0 Å². The van der Waals surface area contributed by atoms with Crippen LogP contribution in [0.1, 0.15) is 11.3 Å². The van der Waals surface area contributed by atoms with Gasteiger partial charge in [0.2, 0.25) is 0 Å². The number of nitrogens with zero attached hydrogens (tertiary/aromatic N) is 1. The molecule has 0 atom stereocenters. The van der Waals surface area contributed by atoms with Crippen LogP contribution >= 0.6 is 0 Å². The zero-order valence-corrected chi connectivity index (χ0v) is 9.23. The molecule has 2 aromatic rings. The molecule has 1 N–H and O–H groups in total. The van der Waals surface area contributed by atoms with E-state index in [1.165, 1.54) is 0 Å². The van der Waals surface area contributed by atoms with Gasteiger partial charge < -0.3 is 14.3 Å². The molecular weight excluding hydrogens is 206 g/mol. The van der Waals surface area contributed by atoms with Crippen LogP contribution in [-0.2, 0) is 6.61 Å². The van der Waals surface area contributed by atoms with E-state index in [0.717, 1.165) is 17.0 Å². The third kappa shape index (κ3) is 1.92. The molecule has 84 valence electrons. The van der Waals surface area contributed by atoms with Gasteiger partial charge in [-0.05, 0) is 25.1 Å². The van der Waals surface area contributed by atoms with Crippen LogP contribution in [0.4, 0.5) is 0 Å². The fourth-order valence-electron chi connectivity index (χ4n) is 1.45. The number of aliphatic hydroxyl groups excluding tert-OH is 1. The normalized spacial score (nSPS) is 10.4. The fraction of sp³-hybridized carbons (Fsp3) is 0.250. The lowest BCUT2D eigenvalue weighted by Crippen LogP contribution is -1.85. The Balaban J connectivity index is 2.34. The summed E-state index contributed by atoms with van der Waals surface area (Å²) >= 11 is 0. The topological polar surface area (TPSA) is 55.5 Å². The predicted molar refractivity (Wildman–Crippen MR) is 59.2 cm³/mol. The van der Waals surface area contributed by atoms with Crippen LogP contribution in [-0.4, -0.2) is 17.2 Å². The van der Waals surface area contributed by atoms with Crippen molar-refractivity contribution in [3.63, 3.8) is 0 Å². The van der Waals surface area contributed by atoms with Crippen molar-refractivity contribution < 1.29 is 14.3 Å². The van der Waals surface area contributed by atoms with E-state index >= 15 is 0 Å². The molecule has 2 aromatic heterocycles. The monoisotopic (exact) mass is 219 g/mol. The highest BCUT2D eigenvalue weighted by Crippen LogP contribution is 2.24. The van der Waals surface area contributed by atoms with E-state index in [2.05, 4.69) is 4.98 Å². The highest BCUT2D eigenvalue weighted by molar-refractivity contribution is 5.54. The molecule has 0 aliphatic heterocycles. The van der Waals surface area contributed by atoms with Crippen LogP contribution in [0.25, 0.3) is 11.5 Å². The lowest BCUT2D eigenvalue weighted by molar-refractivity contribution is 0.279. The molecule has 2 heterocycles. The number of ether oxygens (including phenoxy) is 1. The number of rotatable bonds is 3. The van der Waals surface area contributed by atoms with Gasteiger partial charge in [0.1, 0.15) is 17.2 Å². The number of hydrogen-bond acceptors (Lipinski definition) is 4. The second kappa shape index (κ2) is 4.37. The average molecular weight is 219 g/mol. The third-order valence-electron chi connectivity index (χ3n) is 2.42. The summed E-state index contributed by atoms with van der Waals surface area (Å²) in [6, 6.07) is 5.43. The van der Waals surface area contributed by atoms with E-state index in [0.29, 0.717) is 11.5 Å². The highest BCUT2D eigenvalue weighted by Gasteiger charge is 2.09. The van der Waals surface area contributed by atoms with E-state index in [-0.39, 0.29) is 6.61 Å². The number of hydrogen-bond donors (Lipinski definition) is 1. The van der Waals surface area contributed by atoms with Crippen LogP contribution in [0.5, 0.6) is 5.75 Å². The van der Waals surface area contributed by atoms with Gasteiger partial charge in [0.05, 0.1) is 19.9 Å². The number of aliphatic hydroxyl groups is 1. The standard InChI is InChI=1S/C12H13NO3/c1-8-9(7-14)5-12(16-8)11-4-3-10(15-2)6-13-11/h3-6,14H,7H2,1-2H3. The molecule has 0 unspecified atom stereocenters. The Morgan fingerprint density at radius 1 is 1.44 bits per heavy atom. The molecule has 0 aromatic carbocycles. The van der Waals surface area contributed by atoms with Crippen molar-refractivity contribution in [2.75, 3.05) is 7.11 Å². The molecular formula is C12H13NO3. The van der Waals surface area contributed by atoms with Crippen molar-refractivity contribution >= 4 is 0 Å². The Bertz CT molecular complexity index is 474. The fourth-order valence-corrected chi connectivity index (χ4v) is 1.45. The van der Waals surface area contributed by atoms with Gasteiger partial charge in [-0.15, -0.1) is 0 Å². The van der Waals surface area contributed by atoms with Gasteiger partial charge in [-0.2, -0.15) is 0 Å². The van der Waals surface area contributed by atoms with Crippen LogP contribution in [0.15, 0.2) is 28.8 Å². The second-order valence-corrected chi connectivity index (χ2v) is 3.43. The Morgan fingerprint density at radius 3 is 2.75 bits per heavy atom. The summed E-state index contributed by atoms with van der Waals surface area (Å²) < 4.78 is 10.5. The molecule has 0 aliphatic carbocycles. The largest absolute Gasteiger partial charge is 0.495 e. The van der Waals surface area contributed by atoms with E-state index in [1.54, 1.807) is 19.4 Å². The molecule has 16 heavy (non-hydrogen) atoms. The maximum Gasteiger partial charge on any atom is 0.153 e. The Kier molecular flexibility index (Phi) is 2.92. The number of aryl methyl sites for hydroxylation is 1. The van der Waals surface area contributed by atoms with Gasteiger partial charge in [-0.3, -0.25) is 0 Å². The predicted octanol–water partition coefficient (Wildman–Crippen LogP) is 2.15. The van der Waals surface area contributed by atoms with Gasteiger partial charge in [0, 0.05) is 5.56 Å². The summed E-state index contributed by atoms with van der Waals surface area (Å²) in [5, 5.41) is 9.06. The van der Waals surface area contributed by atoms with Crippen molar-refractivity contribution in [1.82, 2.24) is 4.98 Å². The van der Waals surface area contributed by atoms with Crippen LogP contribution in [0, 0.1) is 6.92 Å². The zero-order chi connectivity index (χ0) is 11.5. The van der Waals surface area contributed by atoms with Gasteiger partial charge in [-0.25, -0.2) is 4.98 Å². The average Bonchev–Trinajstić information content (AvgIpc) is 2.71. The maximum atomic E-state index is 9.06. The summed E-state index contributed by atoms with van der Waals surface area (Å²) in [5.74, 6) is 2.08. The molecule has 0 saturated carbocycles. The first-order valence-corrected chi connectivity index (χ1v) is 4.95. The van der Waals surface area contributed by atoms with Gasteiger partial charge >= 0.3 is 0 Å². The number of methoxy groups -OCH3 is 1. The minimum atomic E-state index is -0.0223. The summed E-state index contributed by atoms with van der Waals surface area (Å²) in [4.78, 5) is 4.21.